The predicted octanol–water partition coefficient (Wildman–Crippen LogP) is 0.417. The molecule has 1 aromatic carbocycles. The number of phenols is 5. The van der Waals surface area contributed by atoms with Gasteiger partial charge in [0.1, 0.15) is 5.56 Å². The highest BCUT2D eigenvalue weighted by Gasteiger charge is 2.25. The molecular formula is C8H8O6. The van der Waals surface area contributed by atoms with Crippen LogP contribution in [0.4, 0.5) is 0 Å². The zero-order valence-electron chi connectivity index (χ0n) is 7.14. The van der Waals surface area contributed by atoms with Crippen LogP contribution in [0.1, 0.15) is 17.3 Å². The van der Waals surface area contributed by atoms with Gasteiger partial charge in [-0.05, 0) is 6.92 Å². The van der Waals surface area contributed by atoms with Crippen molar-refractivity contribution in [1.29, 1.82) is 0 Å². The van der Waals surface area contributed by atoms with E-state index in [2.05, 4.69) is 0 Å². The number of ketones is 1. The van der Waals surface area contributed by atoms with Crippen LogP contribution in [0.15, 0.2) is 0 Å². The van der Waals surface area contributed by atoms with Gasteiger partial charge < -0.3 is 25.5 Å². The quantitative estimate of drug-likeness (QED) is 0.254. The molecule has 0 atom stereocenters. The molecule has 0 spiro atoms. The number of benzene rings is 1. The van der Waals surface area contributed by atoms with Crippen LogP contribution in [-0.4, -0.2) is 31.3 Å². The van der Waals surface area contributed by atoms with Gasteiger partial charge in [0.25, 0.3) is 0 Å². The molecule has 0 aliphatic rings. The Kier molecular flexibility index (Phi) is 2.13. The van der Waals surface area contributed by atoms with Gasteiger partial charge in [-0.2, -0.15) is 0 Å². The van der Waals surface area contributed by atoms with E-state index < -0.39 is 40.1 Å². The van der Waals surface area contributed by atoms with E-state index in [9.17, 15) is 4.79 Å². The van der Waals surface area contributed by atoms with E-state index in [1.807, 2.05) is 0 Å². The highest BCUT2D eigenvalue weighted by Crippen LogP contribution is 2.50. The fraction of sp³-hybridized carbons (Fsp3) is 0.125. The van der Waals surface area contributed by atoms with Crippen LogP contribution in [0, 0.1) is 0 Å². The second-order valence-electron chi connectivity index (χ2n) is 2.67. The molecule has 0 bridgehead atoms. The summed E-state index contributed by atoms with van der Waals surface area (Å²) in [6.45, 7) is 1.02. The molecule has 76 valence electrons. The van der Waals surface area contributed by atoms with Crippen molar-refractivity contribution < 1.29 is 30.3 Å². The van der Waals surface area contributed by atoms with Gasteiger partial charge in [0.05, 0.1) is 0 Å². The number of Topliss-reactive ketones (excluding diaryl/α,β-unsaturated/α-hetero) is 1. The number of hydrogen-bond acceptors (Lipinski definition) is 6. The molecule has 6 heteroatoms. The first-order chi connectivity index (χ1) is 6.37. The summed E-state index contributed by atoms with van der Waals surface area (Å²) in [6, 6.07) is 0. The SMILES string of the molecule is CC(=O)c1c(O)c(O)c(O)c(O)c1O. The van der Waals surface area contributed by atoms with Crippen LogP contribution in [0.25, 0.3) is 0 Å². The topological polar surface area (TPSA) is 118 Å². The third kappa shape index (κ3) is 1.17. The largest absolute Gasteiger partial charge is 0.504 e. The van der Waals surface area contributed by atoms with Crippen LogP contribution in [0.3, 0.4) is 0 Å². The standard InChI is InChI=1S/C8H8O6/c1-2(9)3-4(10)6(12)8(14)7(13)5(3)11/h10-14H,1H3. The Morgan fingerprint density at radius 2 is 1.07 bits per heavy atom. The van der Waals surface area contributed by atoms with Crippen molar-refractivity contribution in [2.75, 3.05) is 0 Å². The molecular weight excluding hydrogens is 192 g/mol. The molecule has 14 heavy (non-hydrogen) atoms. The molecule has 0 amide bonds. The maximum atomic E-state index is 10.9. The Morgan fingerprint density at radius 3 is 1.36 bits per heavy atom. The van der Waals surface area contributed by atoms with Crippen LogP contribution in [0.5, 0.6) is 28.7 Å². The highest BCUT2D eigenvalue weighted by molar-refractivity contribution is 6.02. The van der Waals surface area contributed by atoms with E-state index in [0.29, 0.717) is 0 Å². The van der Waals surface area contributed by atoms with Crippen molar-refractivity contribution in [2.24, 2.45) is 0 Å². The van der Waals surface area contributed by atoms with E-state index in [1.54, 1.807) is 0 Å². The summed E-state index contributed by atoms with van der Waals surface area (Å²) in [4.78, 5) is 10.9. The number of carbonyl (C=O) groups excluding carboxylic acids is 1. The first kappa shape index (κ1) is 9.97. The lowest BCUT2D eigenvalue weighted by Crippen LogP contribution is -1.94. The summed E-state index contributed by atoms with van der Waals surface area (Å²) < 4.78 is 0. The van der Waals surface area contributed by atoms with Gasteiger partial charge in [0, 0.05) is 0 Å². The minimum atomic E-state index is -1.08. The maximum absolute atomic E-state index is 10.9. The molecule has 0 aliphatic heterocycles. The molecule has 0 unspecified atom stereocenters. The predicted molar refractivity (Wildman–Crippen MR) is 44.8 cm³/mol. The summed E-state index contributed by atoms with van der Waals surface area (Å²) in [6.07, 6.45) is 0. The third-order valence-electron chi connectivity index (χ3n) is 1.72. The van der Waals surface area contributed by atoms with E-state index in [-0.39, 0.29) is 0 Å². The number of aromatic hydroxyl groups is 5. The fourth-order valence-electron chi connectivity index (χ4n) is 1.02. The lowest BCUT2D eigenvalue weighted by Gasteiger charge is -2.09. The van der Waals surface area contributed by atoms with Crippen LogP contribution >= 0.6 is 0 Å². The first-order valence-corrected chi connectivity index (χ1v) is 3.57. The average molecular weight is 200 g/mol. The Hall–Kier alpha value is -2.11. The van der Waals surface area contributed by atoms with E-state index in [1.165, 1.54) is 0 Å². The fourth-order valence-corrected chi connectivity index (χ4v) is 1.02. The highest BCUT2D eigenvalue weighted by atomic mass is 16.4. The van der Waals surface area contributed by atoms with Crippen LogP contribution in [-0.2, 0) is 0 Å². The molecule has 0 fully saturated rings. The molecule has 1 rings (SSSR count). The molecule has 0 saturated heterocycles. The third-order valence-corrected chi connectivity index (χ3v) is 1.72. The first-order valence-electron chi connectivity index (χ1n) is 3.57. The smallest absolute Gasteiger partial charge is 0.208 e. The van der Waals surface area contributed by atoms with E-state index in [4.69, 9.17) is 25.5 Å². The molecule has 0 aromatic heterocycles. The van der Waals surface area contributed by atoms with Crippen LogP contribution < -0.4 is 0 Å². The minimum Gasteiger partial charge on any atom is -0.504 e. The van der Waals surface area contributed by atoms with Gasteiger partial charge in [0.2, 0.25) is 17.2 Å². The van der Waals surface area contributed by atoms with E-state index in [0.717, 1.165) is 6.92 Å². The second kappa shape index (κ2) is 2.99. The summed E-state index contributed by atoms with van der Waals surface area (Å²) in [7, 11) is 0. The Morgan fingerprint density at radius 1 is 0.786 bits per heavy atom. The Labute approximate surface area is 78.3 Å². The lowest BCUT2D eigenvalue weighted by atomic mass is 10.1. The normalized spacial score (nSPS) is 10.1. The van der Waals surface area contributed by atoms with Gasteiger partial charge in [-0.1, -0.05) is 0 Å². The second-order valence-corrected chi connectivity index (χ2v) is 2.67. The lowest BCUT2D eigenvalue weighted by molar-refractivity contribution is 0.101. The van der Waals surface area contributed by atoms with Crippen molar-refractivity contribution >= 4 is 5.78 Å². The average Bonchev–Trinajstić information content (AvgIpc) is 2.11. The van der Waals surface area contributed by atoms with Crippen molar-refractivity contribution in [3.05, 3.63) is 5.56 Å². The van der Waals surface area contributed by atoms with Gasteiger partial charge in [-0.3, -0.25) is 4.79 Å². The summed E-state index contributed by atoms with van der Waals surface area (Å²) in [5.41, 5.74) is -0.641. The molecule has 0 heterocycles. The number of hydrogen-bond donors (Lipinski definition) is 5. The monoisotopic (exact) mass is 200 g/mol. The zero-order valence-corrected chi connectivity index (χ0v) is 7.14. The van der Waals surface area contributed by atoms with Crippen LogP contribution in [0.2, 0.25) is 0 Å². The minimum absolute atomic E-state index is 0.641. The summed E-state index contributed by atoms with van der Waals surface area (Å²) in [5.74, 6) is -5.87. The van der Waals surface area contributed by atoms with Gasteiger partial charge in [-0.15, -0.1) is 0 Å². The van der Waals surface area contributed by atoms with Crippen molar-refractivity contribution in [3.63, 3.8) is 0 Å². The van der Waals surface area contributed by atoms with Gasteiger partial charge in [-0.25, -0.2) is 0 Å². The number of carbonyl (C=O) groups is 1. The number of rotatable bonds is 1. The molecule has 0 aliphatic carbocycles. The molecule has 0 saturated carbocycles. The Balaban J connectivity index is 3.68. The Bertz CT molecular complexity index is 380. The van der Waals surface area contributed by atoms with Crippen molar-refractivity contribution in [2.45, 2.75) is 6.92 Å². The zero-order chi connectivity index (χ0) is 11.0. The summed E-state index contributed by atoms with van der Waals surface area (Å²) >= 11 is 0. The molecule has 0 radical (unpaired) electrons. The maximum Gasteiger partial charge on any atom is 0.208 e. The van der Waals surface area contributed by atoms with E-state index >= 15 is 0 Å². The summed E-state index contributed by atoms with van der Waals surface area (Å²) in [5, 5.41) is 45.3. The number of phenolic OH excluding ortho intramolecular Hbond substituents is 5. The van der Waals surface area contributed by atoms with Crippen molar-refractivity contribution in [1.82, 2.24) is 0 Å². The van der Waals surface area contributed by atoms with Gasteiger partial charge in [0.15, 0.2) is 17.3 Å². The molecule has 1 aromatic rings. The molecule has 6 nitrogen and oxygen atoms in total. The van der Waals surface area contributed by atoms with Gasteiger partial charge >= 0.3 is 0 Å². The molecule has 5 N–H and O–H groups in total. The van der Waals surface area contributed by atoms with Crippen molar-refractivity contribution in [3.8, 4) is 28.7 Å².